The molecule has 0 aliphatic carbocycles. The monoisotopic (exact) mass is 244 g/mol. The van der Waals surface area contributed by atoms with E-state index in [1.807, 2.05) is 0 Å². The average molecular weight is 244 g/mol. The molecule has 1 N–H and O–H groups in total. The zero-order chi connectivity index (χ0) is 12.3. The fraction of sp³-hybridized carbons (Fsp3) is 0.500. The number of pyridine rings is 1. The minimum absolute atomic E-state index is 0.172. The summed E-state index contributed by atoms with van der Waals surface area (Å²) in [5, 5.41) is 0. The van der Waals surface area contributed by atoms with Crippen molar-refractivity contribution in [3.05, 3.63) is 28.7 Å². The number of nitrogens with one attached hydrogen (secondary N) is 1. The molecule has 0 radical (unpaired) electrons. The molecule has 0 aliphatic rings. The minimum atomic E-state index is -3.69. The highest BCUT2D eigenvalue weighted by Crippen LogP contribution is 2.13. The molecule has 0 saturated carbocycles. The number of hydrogen-bond acceptors (Lipinski definition) is 3. The van der Waals surface area contributed by atoms with Crippen LogP contribution in [0.4, 0.5) is 0 Å². The van der Waals surface area contributed by atoms with Crippen molar-refractivity contribution >= 4 is 10.0 Å². The van der Waals surface area contributed by atoms with E-state index in [1.54, 1.807) is 20.8 Å². The Kier molecular flexibility index (Phi) is 3.88. The van der Waals surface area contributed by atoms with Crippen LogP contribution in [-0.2, 0) is 10.0 Å². The van der Waals surface area contributed by atoms with Gasteiger partial charge in [0.1, 0.15) is 4.90 Å². The van der Waals surface area contributed by atoms with Crippen LogP contribution < -0.4 is 5.43 Å². The molecule has 0 atom stereocenters. The molecule has 0 aromatic carbocycles. The summed E-state index contributed by atoms with van der Waals surface area (Å²) in [5.74, 6) is 0. The fourth-order valence-electron chi connectivity index (χ4n) is 1.54. The van der Waals surface area contributed by atoms with Gasteiger partial charge in [0.15, 0.2) is 0 Å². The number of rotatable bonds is 4. The molecule has 16 heavy (non-hydrogen) atoms. The molecule has 6 heteroatoms. The molecule has 1 rings (SSSR count). The summed E-state index contributed by atoms with van der Waals surface area (Å²) in [6.45, 7) is 5.64. The third kappa shape index (κ3) is 2.33. The van der Waals surface area contributed by atoms with E-state index in [1.165, 1.54) is 22.8 Å². The van der Waals surface area contributed by atoms with Crippen molar-refractivity contribution in [1.29, 1.82) is 0 Å². The van der Waals surface area contributed by atoms with Gasteiger partial charge in [-0.3, -0.25) is 4.79 Å². The number of H-pyrrole nitrogens is 1. The molecular formula is C10H16N2O3S. The van der Waals surface area contributed by atoms with Crippen LogP contribution in [0.3, 0.4) is 0 Å². The maximum atomic E-state index is 12.1. The van der Waals surface area contributed by atoms with Gasteiger partial charge in [-0.1, -0.05) is 6.92 Å². The molecular weight excluding hydrogens is 228 g/mol. The van der Waals surface area contributed by atoms with Gasteiger partial charge in [0, 0.05) is 31.0 Å². The van der Waals surface area contributed by atoms with Crippen molar-refractivity contribution in [1.82, 2.24) is 9.29 Å². The van der Waals surface area contributed by atoms with Crippen LogP contribution in [0.5, 0.6) is 0 Å². The summed E-state index contributed by atoms with van der Waals surface area (Å²) in [4.78, 5) is 13.9. The molecule has 0 bridgehead atoms. The zero-order valence-corrected chi connectivity index (χ0v) is 10.4. The lowest BCUT2D eigenvalue weighted by molar-refractivity contribution is 0.368. The topological polar surface area (TPSA) is 70.2 Å². The molecule has 1 aromatic heterocycles. The Bertz CT molecular complexity index is 505. The molecule has 0 unspecified atom stereocenters. The second kappa shape index (κ2) is 4.80. The van der Waals surface area contributed by atoms with E-state index >= 15 is 0 Å². The highest BCUT2D eigenvalue weighted by Gasteiger charge is 2.27. The number of aromatic nitrogens is 1. The maximum Gasteiger partial charge on any atom is 0.248 e. The van der Waals surface area contributed by atoms with Gasteiger partial charge in [0.25, 0.3) is 0 Å². The van der Waals surface area contributed by atoms with Gasteiger partial charge >= 0.3 is 0 Å². The first kappa shape index (κ1) is 12.9. The molecule has 0 spiro atoms. The van der Waals surface area contributed by atoms with Crippen molar-refractivity contribution in [2.45, 2.75) is 31.7 Å². The van der Waals surface area contributed by atoms with Gasteiger partial charge in [-0.25, -0.2) is 8.42 Å². The lowest BCUT2D eigenvalue weighted by Crippen LogP contribution is -2.38. The van der Waals surface area contributed by atoms with Gasteiger partial charge in [-0.05, 0) is 13.8 Å². The first-order valence-corrected chi connectivity index (χ1v) is 6.54. The summed E-state index contributed by atoms with van der Waals surface area (Å²) >= 11 is 0. The van der Waals surface area contributed by atoms with Crippen LogP contribution in [0.25, 0.3) is 0 Å². The Morgan fingerprint density at radius 1 is 1.44 bits per heavy atom. The first-order valence-electron chi connectivity index (χ1n) is 5.10. The van der Waals surface area contributed by atoms with Crippen LogP contribution in [0, 0.1) is 0 Å². The quantitative estimate of drug-likeness (QED) is 0.851. The Balaban J connectivity index is 3.32. The second-order valence-corrected chi connectivity index (χ2v) is 5.53. The van der Waals surface area contributed by atoms with Crippen LogP contribution in [0.1, 0.15) is 20.8 Å². The van der Waals surface area contributed by atoms with Crippen molar-refractivity contribution < 1.29 is 8.42 Å². The maximum absolute atomic E-state index is 12.1. The Morgan fingerprint density at radius 3 is 2.50 bits per heavy atom. The number of nitrogens with zero attached hydrogens (tertiary/aromatic N) is 1. The summed E-state index contributed by atoms with van der Waals surface area (Å²) in [6, 6.07) is 1.04. The third-order valence-electron chi connectivity index (χ3n) is 2.26. The van der Waals surface area contributed by atoms with Crippen molar-refractivity contribution in [2.24, 2.45) is 0 Å². The van der Waals surface area contributed by atoms with Gasteiger partial charge < -0.3 is 4.98 Å². The van der Waals surface area contributed by atoms with Crippen LogP contribution >= 0.6 is 0 Å². The van der Waals surface area contributed by atoms with Gasteiger partial charge in [-0.2, -0.15) is 4.31 Å². The second-order valence-electron chi connectivity index (χ2n) is 3.67. The van der Waals surface area contributed by atoms with Crippen LogP contribution in [-0.4, -0.2) is 30.3 Å². The summed E-state index contributed by atoms with van der Waals surface area (Å²) in [6.07, 6.45) is 2.63. The van der Waals surface area contributed by atoms with E-state index in [-0.39, 0.29) is 10.9 Å². The molecule has 90 valence electrons. The highest BCUT2D eigenvalue weighted by molar-refractivity contribution is 7.89. The Hall–Kier alpha value is -1.14. The van der Waals surface area contributed by atoms with Gasteiger partial charge in [0.05, 0.1) is 0 Å². The molecule has 1 heterocycles. The Labute approximate surface area is 95.2 Å². The van der Waals surface area contributed by atoms with Crippen molar-refractivity contribution in [3.8, 4) is 0 Å². The third-order valence-corrected chi connectivity index (χ3v) is 4.43. The fourth-order valence-corrected chi connectivity index (χ4v) is 3.23. The molecule has 0 aliphatic heterocycles. The van der Waals surface area contributed by atoms with E-state index in [4.69, 9.17) is 0 Å². The molecule has 0 saturated heterocycles. The largest absolute Gasteiger partial charge is 0.366 e. The van der Waals surface area contributed by atoms with Crippen molar-refractivity contribution in [2.75, 3.05) is 6.54 Å². The number of hydrogen-bond donors (Lipinski definition) is 1. The SMILES string of the molecule is CCN(C(C)C)S(=O)(=O)c1c[nH]ccc1=O. The van der Waals surface area contributed by atoms with E-state index < -0.39 is 15.5 Å². The lowest BCUT2D eigenvalue weighted by atomic mass is 10.4. The first-order chi connectivity index (χ1) is 7.41. The van der Waals surface area contributed by atoms with E-state index in [0.717, 1.165) is 0 Å². The number of sulfonamides is 1. The standard InChI is InChI=1S/C10H16N2O3S/c1-4-12(8(2)3)16(14,15)10-7-11-6-5-9(10)13/h5-8H,4H2,1-3H3,(H,11,13). The summed E-state index contributed by atoms with van der Waals surface area (Å²) in [5.41, 5.74) is -0.488. The predicted octanol–water partition coefficient (Wildman–Crippen LogP) is 0.794. The molecule has 0 fully saturated rings. The predicted molar refractivity (Wildman–Crippen MR) is 61.8 cm³/mol. The molecule has 5 nitrogen and oxygen atoms in total. The smallest absolute Gasteiger partial charge is 0.248 e. The van der Waals surface area contributed by atoms with Crippen LogP contribution in [0.15, 0.2) is 28.2 Å². The summed E-state index contributed by atoms with van der Waals surface area (Å²) in [7, 11) is -3.69. The summed E-state index contributed by atoms with van der Waals surface area (Å²) < 4.78 is 25.6. The zero-order valence-electron chi connectivity index (χ0n) is 9.60. The van der Waals surface area contributed by atoms with Gasteiger partial charge in [-0.15, -0.1) is 0 Å². The van der Waals surface area contributed by atoms with Gasteiger partial charge in [0.2, 0.25) is 15.5 Å². The normalized spacial score (nSPS) is 12.3. The van der Waals surface area contributed by atoms with E-state index in [2.05, 4.69) is 4.98 Å². The molecule has 1 aromatic rings. The van der Waals surface area contributed by atoms with E-state index in [0.29, 0.717) is 6.54 Å². The lowest BCUT2D eigenvalue weighted by Gasteiger charge is -2.23. The number of aromatic amines is 1. The highest BCUT2D eigenvalue weighted by atomic mass is 32.2. The average Bonchev–Trinajstić information content (AvgIpc) is 2.17. The van der Waals surface area contributed by atoms with Crippen molar-refractivity contribution in [3.63, 3.8) is 0 Å². The molecule has 0 amide bonds. The Morgan fingerprint density at radius 2 is 2.06 bits per heavy atom. The van der Waals surface area contributed by atoms with Crippen LogP contribution in [0.2, 0.25) is 0 Å². The minimum Gasteiger partial charge on any atom is -0.366 e. The van der Waals surface area contributed by atoms with E-state index in [9.17, 15) is 13.2 Å².